The molecule has 0 unspecified atom stereocenters. The molecule has 0 atom stereocenters. The summed E-state index contributed by atoms with van der Waals surface area (Å²) in [5.74, 6) is 0.692. The molecular formula is C18H23BrClN3O3S. The summed E-state index contributed by atoms with van der Waals surface area (Å²) in [6.45, 7) is 3.60. The lowest BCUT2D eigenvalue weighted by Gasteiger charge is -2.17. The molecular weight excluding hydrogens is 454 g/mol. The molecule has 0 heterocycles. The van der Waals surface area contributed by atoms with E-state index < -0.39 is 10.0 Å². The van der Waals surface area contributed by atoms with E-state index in [0.717, 1.165) is 16.7 Å². The average molecular weight is 477 g/mol. The Morgan fingerprint density at radius 2 is 1.85 bits per heavy atom. The van der Waals surface area contributed by atoms with Crippen molar-refractivity contribution in [3.05, 3.63) is 45.9 Å². The fourth-order valence-electron chi connectivity index (χ4n) is 2.32. The molecule has 148 valence electrons. The number of anilines is 2. The molecule has 9 heteroatoms. The first-order chi connectivity index (χ1) is 12.8. The maximum atomic E-state index is 12.4. The highest BCUT2D eigenvalue weighted by Gasteiger charge is 2.18. The first-order valence-corrected chi connectivity index (χ1v) is 11.0. The van der Waals surface area contributed by atoms with Gasteiger partial charge in [-0.1, -0.05) is 11.6 Å². The standard InChI is InChI=1S/C18H23BrClN3O3S/c1-4-21-16-7-6-14(27(24,25)23(2)3)12-17(16)22-9-10-26-18-8-5-13(20)11-15(18)19/h5-8,11-12,21-22H,4,9-10H2,1-3H3. The Kier molecular flexibility index (Phi) is 7.79. The molecule has 27 heavy (non-hydrogen) atoms. The van der Waals surface area contributed by atoms with Crippen LogP contribution >= 0.6 is 27.5 Å². The minimum atomic E-state index is -3.50. The summed E-state index contributed by atoms with van der Waals surface area (Å²) in [6.07, 6.45) is 0. The number of halogens is 2. The molecule has 0 saturated carbocycles. The molecule has 2 N–H and O–H groups in total. The molecule has 0 aromatic heterocycles. The second-order valence-electron chi connectivity index (χ2n) is 5.88. The Balaban J connectivity index is 2.09. The van der Waals surface area contributed by atoms with Crippen molar-refractivity contribution in [3.63, 3.8) is 0 Å². The number of hydrogen-bond donors (Lipinski definition) is 2. The Hall–Kier alpha value is -1.48. The zero-order chi connectivity index (χ0) is 20.0. The third kappa shape index (κ3) is 5.75. The molecule has 2 rings (SSSR count). The highest BCUT2D eigenvalue weighted by atomic mass is 79.9. The van der Waals surface area contributed by atoms with E-state index in [-0.39, 0.29) is 4.90 Å². The minimum Gasteiger partial charge on any atom is -0.491 e. The maximum absolute atomic E-state index is 12.4. The van der Waals surface area contributed by atoms with Gasteiger partial charge in [-0.05, 0) is 59.3 Å². The van der Waals surface area contributed by atoms with Crippen molar-refractivity contribution in [1.29, 1.82) is 0 Å². The van der Waals surface area contributed by atoms with Crippen LogP contribution in [0.25, 0.3) is 0 Å². The van der Waals surface area contributed by atoms with E-state index in [9.17, 15) is 8.42 Å². The summed E-state index contributed by atoms with van der Waals surface area (Å²) in [5, 5.41) is 7.09. The Bertz CT molecular complexity index is 891. The van der Waals surface area contributed by atoms with Gasteiger partial charge in [-0.3, -0.25) is 0 Å². The van der Waals surface area contributed by atoms with E-state index in [1.807, 2.05) is 6.92 Å². The van der Waals surface area contributed by atoms with Gasteiger partial charge in [0.2, 0.25) is 10.0 Å². The van der Waals surface area contributed by atoms with Gasteiger partial charge in [-0.15, -0.1) is 0 Å². The van der Waals surface area contributed by atoms with Gasteiger partial charge in [0.05, 0.1) is 20.7 Å². The number of nitrogens with one attached hydrogen (secondary N) is 2. The van der Waals surface area contributed by atoms with Crippen LogP contribution < -0.4 is 15.4 Å². The van der Waals surface area contributed by atoms with Crippen LogP contribution in [-0.2, 0) is 10.0 Å². The molecule has 0 fully saturated rings. The second kappa shape index (κ2) is 9.64. The SMILES string of the molecule is CCNc1ccc(S(=O)(=O)N(C)C)cc1NCCOc1ccc(Cl)cc1Br. The molecule has 2 aromatic carbocycles. The lowest BCUT2D eigenvalue weighted by Crippen LogP contribution is -2.22. The van der Waals surface area contributed by atoms with Crippen LogP contribution in [0.3, 0.4) is 0 Å². The van der Waals surface area contributed by atoms with E-state index in [1.54, 1.807) is 36.4 Å². The fraction of sp³-hybridized carbons (Fsp3) is 0.333. The zero-order valence-electron chi connectivity index (χ0n) is 15.4. The van der Waals surface area contributed by atoms with Crippen LogP contribution in [0.4, 0.5) is 11.4 Å². The molecule has 0 aliphatic heterocycles. The van der Waals surface area contributed by atoms with Crippen LogP contribution in [0, 0.1) is 0 Å². The fourth-order valence-corrected chi connectivity index (χ4v) is 4.05. The lowest BCUT2D eigenvalue weighted by molar-refractivity contribution is 0.331. The van der Waals surface area contributed by atoms with Crippen molar-refractivity contribution in [2.75, 3.05) is 44.4 Å². The van der Waals surface area contributed by atoms with E-state index in [0.29, 0.717) is 29.6 Å². The van der Waals surface area contributed by atoms with Crippen LogP contribution in [0.2, 0.25) is 5.02 Å². The van der Waals surface area contributed by atoms with Gasteiger partial charge < -0.3 is 15.4 Å². The van der Waals surface area contributed by atoms with E-state index in [2.05, 4.69) is 26.6 Å². The third-order valence-corrected chi connectivity index (χ3v) is 6.37. The number of sulfonamides is 1. The lowest BCUT2D eigenvalue weighted by atomic mass is 10.2. The number of benzene rings is 2. The van der Waals surface area contributed by atoms with Gasteiger partial charge in [0.1, 0.15) is 12.4 Å². The second-order valence-corrected chi connectivity index (χ2v) is 9.32. The summed E-state index contributed by atoms with van der Waals surface area (Å²) in [7, 11) is -0.474. The van der Waals surface area contributed by atoms with E-state index >= 15 is 0 Å². The zero-order valence-corrected chi connectivity index (χ0v) is 18.6. The van der Waals surface area contributed by atoms with Crippen molar-refractivity contribution in [2.24, 2.45) is 0 Å². The molecule has 6 nitrogen and oxygen atoms in total. The molecule has 0 aliphatic carbocycles. The minimum absolute atomic E-state index is 0.234. The van der Waals surface area contributed by atoms with Crippen molar-refractivity contribution in [3.8, 4) is 5.75 Å². The largest absolute Gasteiger partial charge is 0.491 e. The third-order valence-electron chi connectivity index (χ3n) is 3.71. The van der Waals surface area contributed by atoms with Crippen LogP contribution in [0.5, 0.6) is 5.75 Å². The summed E-state index contributed by atoms with van der Waals surface area (Å²) in [5.41, 5.74) is 1.54. The van der Waals surface area contributed by atoms with Gasteiger partial charge in [0.15, 0.2) is 0 Å². The normalized spacial score (nSPS) is 11.5. The maximum Gasteiger partial charge on any atom is 0.242 e. The van der Waals surface area contributed by atoms with Gasteiger partial charge in [-0.25, -0.2) is 12.7 Å². The highest BCUT2D eigenvalue weighted by Crippen LogP contribution is 2.29. The molecule has 0 aliphatic rings. The summed E-state index contributed by atoms with van der Waals surface area (Å²) < 4.78 is 32.4. The molecule has 0 spiro atoms. The summed E-state index contributed by atoms with van der Waals surface area (Å²) in [6, 6.07) is 10.3. The monoisotopic (exact) mass is 475 g/mol. The molecule has 2 aromatic rings. The quantitative estimate of drug-likeness (QED) is 0.529. The van der Waals surface area contributed by atoms with Crippen LogP contribution in [0.1, 0.15) is 6.92 Å². The predicted octanol–water partition coefficient (Wildman–Crippen LogP) is 4.28. The van der Waals surface area contributed by atoms with E-state index in [1.165, 1.54) is 18.4 Å². The van der Waals surface area contributed by atoms with Gasteiger partial charge in [0, 0.05) is 32.2 Å². The highest BCUT2D eigenvalue weighted by molar-refractivity contribution is 9.10. The Morgan fingerprint density at radius 3 is 2.48 bits per heavy atom. The van der Waals surface area contributed by atoms with Crippen molar-refractivity contribution >= 4 is 48.9 Å². The molecule has 0 bridgehead atoms. The van der Waals surface area contributed by atoms with Crippen LogP contribution in [0.15, 0.2) is 45.8 Å². The van der Waals surface area contributed by atoms with Crippen molar-refractivity contribution < 1.29 is 13.2 Å². The number of ether oxygens (including phenoxy) is 1. The van der Waals surface area contributed by atoms with E-state index in [4.69, 9.17) is 16.3 Å². The average Bonchev–Trinajstić information content (AvgIpc) is 2.61. The topological polar surface area (TPSA) is 70.7 Å². The summed E-state index contributed by atoms with van der Waals surface area (Å²) in [4.78, 5) is 0.234. The Labute approximate surface area is 174 Å². The van der Waals surface area contributed by atoms with Gasteiger partial charge in [-0.2, -0.15) is 0 Å². The number of nitrogens with zero attached hydrogens (tertiary/aromatic N) is 1. The first-order valence-electron chi connectivity index (χ1n) is 8.38. The molecule has 0 amide bonds. The first kappa shape index (κ1) is 21.8. The summed E-state index contributed by atoms with van der Waals surface area (Å²) >= 11 is 9.33. The number of hydrogen-bond acceptors (Lipinski definition) is 5. The predicted molar refractivity (Wildman–Crippen MR) is 115 cm³/mol. The smallest absolute Gasteiger partial charge is 0.242 e. The Morgan fingerprint density at radius 1 is 1.11 bits per heavy atom. The number of rotatable bonds is 9. The van der Waals surface area contributed by atoms with Gasteiger partial charge >= 0.3 is 0 Å². The van der Waals surface area contributed by atoms with Crippen molar-refractivity contribution in [1.82, 2.24) is 4.31 Å². The van der Waals surface area contributed by atoms with Crippen molar-refractivity contribution in [2.45, 2.75) is 11.8 Å². The van der Waals surface area contributed by atoms with Gasteiger partial charge in [0.25, 0.3) is 0 Å². The van der Waals surface area contributed by atoms with Crippen LogP contribution in [-0.4, -0.2) is 46.5 Å². The molecule has 0 saturated heterocycles. The molecule has 0 radical (unpaired) electrons.